The van der Waals surface area contributed by atoms with Crippen LogP contribution in [0.5, 0.6) is 0 Å². The van der Waals surface area contributed by atoms with E-state index in [1.54, 1.807) is 43.3 Å². The van der Waals surface area contributed by atoms with Gasteiger partial charge in [0.15, 0.2) is 0 Å². The zero-order chi connectivity index (χ0) is 29.4. The number of anilines is 1. The number of benzene rings is 3. The Labute approximate surface area is 251 Å². The number of halogens is 3. The topological polar surface area (TPSA) is 86.8 Å². The number of hydrogen-bond donors (Lipinski definition) is 1. The third-order valence-electron chi connectivity index (χ3n) is 6.45. The maximum absolute atomic E-state index is 13.7. The van der Waals surface area contributed by atoms with Gasteiger partial charge in [0.25, 0.3) is 0 Å². The summed E-state index contributed by atoms with van der Waals surface area (Å²) < 4.78 is 26.6. The Morgan fingerprint density at radius 2 is 1.62 bits per heavy atom. The molecule has 0 unspecified atom stereocenters. The fourth-order valence-electron chi connectivity index (χ4n) is 4.39. The molecule has 11 heteroatoms. The predicted molar refractivity (Wildman–Crippen MR) is 163 cm³/mol. The van der Waals surface area contributed by atoms with Gasteiger partial charge >= 0.3 is 0 Å². The normalized spacial score (nSPS) is 12.1. The summed E-state index contributed by atoms with van der Waals surface area (Å²) in [6, 6.07) is 18.7. The van der Waals surface area contributed by atoms with Crippen LogP contribution in [0.1, 0.15) is 29.5 Å². The molecule has 0 aliphatic carbocycles. The van der Waals surface area contributed by atoms with Crippen LogP contribution in [-0.2, 0) is 32.6 Å². The average Bonchev–Trinajstić information content (AvgIpc) is 2.91. The molecule has 0 aliphatic heterocycles. The van der Waals surface area contributed by atoms with Gasteiger partial charge < -0.3 is 10.2 Å². The first-order chi connectivity index (χ1) is 18.9. The number of likely N-dealkylation sites (N-methyl/N-ethyl adjacent to an activating group) is 1. The van der Waals surface area contributed by atoms with Gasteiger partial charge in [-0.25, -0.2) is 8.42 Å². The van der Waals surface area contributed by atoms with Crippen molar-refractivity contribution < 1.29 is 18.0 Å². The van der Waals surface area contributed by atoms with Crippen molar-refractivity contribution in [2.45, 2.75) is 38.8 Å². The Morgan fingerprint density at radius 1 is 0.925 bits per heavy atom. The van der Waals surface area contributed by atoms with Crippen LogP contribution < -0.4 is 9.62 Å². The van der Waals surface area contributed by atoms with Gasteiger partial charge in [-0.3, -0.25) is 13.9 Å². The molecule has 3 aromatic rings. The highest BCUT2D eigenvalue weighted by atomic mass is 35.5. The maximum atomic E-state index is 13.7. The molecule has 3 rings (SSSR count). The molecule has 0 fully saturated rings. The average molecular weight is 625 g/mol. The van der Waals surface area contributed by atoms with Crippen molar-refractivity contribution >= 4 is 62.3 Å². The molecule has 0 saturated heterocycles. The molecule has 1 atom stereocenters. The molecule has 0 radical (unpaired) electrons. The highest BCUT2D eigenvalue weighted by molar-refractivity contribution is 7.92. The van der Waals surface area contributed by atoms with Crippen LogP contribution in [0.4, 0.5) is 5.69 Å². The van der Waals surface area contributed by atoms with Crippen molar-refractivity contribution in [2.75, 3.05) is 24.2 Å². The minimum Gasteiger partial charge on any atom is -0.357 e. The molecular formula is C29H32Cl3N3O4S. The Kier molecular flexibility index (Phi) is 11.3. The number of nitrogens with one attached hydrogen (secondary N) is 1. The van der Waals surface area contributed by atoms with Crippen LogP contribution in [0.15, 0.2) is 66.7 Å². The van der Waals surface area contributed by atoms with Crippen LogP contribution in [-0.4, -0.2) is 51.0 Å². The fraction of sp³-hybridized carbons (Fsp3) is 0.310. The summed E-state index contributed by atoms with van der Waals surface area (Å²) in [5.41, 5.74) is 2.80. The molecule has 1 N–H and O–H groups in total. The van der Waals surface area contributed by atoms with E-state index >= 15 is 0 Å². The van der Waals surface area contributed by atoms with Crippen LogP contribution in [0.2, 0.25) is 15.1 Å². The van der Waals surface area contributed by atoms with Crippen molar-refractivity contribution in [3.05, 3.63) is 98.5 Å². The monoisotopic (exact) mass is 623 g/mol. The van der Waals surface area contributed by atoms with Gasteiger partial charge in [0, 0.05) is 38.0 Å². The summed E-state index contributed by atoms with van der Waals surface area (Å²) in [6.45, 7) is 1.98. The summed E-state index contributed by atoms with van der Waals surface area (Å²) in [7, 11) is -2.12. The summed E-state index contributed by atoms with van der Waals surface area (Å²) in [6.07, 6.45) is 1.65. The predicted octanol–water partition coefficient (Wildman–Crippen LogP) is 5.89. The van der Waals surface area contributed by atoms with Crippen molar-refractivity contribution in [1.29, 1.82) is 0 Å². The molecule has 7 nitrogen and oxygen atoms in total. The van der Waals surface area contributed by atoms with Crippen molar-refractivity contribution in [2.24, 2.45) is 0 Å². The van der Waals surface area contributed by atoms with E-state index in [9.17, 15) is 18.0 Å². The lowest BCUT2D eigenvalue weighted by Gasteiger charge is -2.32. The maximum Gasteiger partial charge on any atom is 0.242 e. The molecule has 0 aliphatic rings. The van der Waals surface area contributed by atoms with E-state index in [1.807, 2.05) is 30.3 Å². The van der Waals surface area contributed by atoms with Gasteiger partial charge in [0.05, 0.1) is 22.0 Å². The lowest BCUT2D eigenvalue weighted by molar-refractivity contribution is -0.141. The number of sulfonamides is 1. The number of aryl methyl sites for hydroxylation is 1. The second kappa shape index (κ2) is 14.2. The number of amides is 2. The van der Waals surface area contributed by atoms with E-state index in [4.69, 9.17) is 34.8 Å². The molecule has 3 aromatic carbocycles. The SMILES string of the molecule is CNC(=O)[C@H](Cc1ccccc1)N(Cc1ccc(Cl)c(Cl)c1)C(=O)CCCN(c1cc(Cl)ccc1C)S(C)(=O)=O. The van der Waals surface area contributed by atoms with Gasteiger partial charge in [-0.2, -0.15) is 0 Å². The zero-order valence-corrected chi connectivity index (χ0v) is 25.6. The van der Waals surface area contributed by atoms with Crippen molar-refractivity contribution in [3.8, 4) is 0 Å². The van der Waals surface area contributed by atoms with Gasteiger partial charge in [-0.15, -0.1) is 0 Å². The zero-order valence-electron chi connectivity index (χ0n) is 22.5. The molecule has 0 spiro atoms. The lowest BCUT2D eigenvalue weighted by atomic mass is 10.0. The van der Waals surface area contributed by atoms with Gasteiger partial charge in [-0.05, 0) is 54.3 Å². The van der Waals surface area contributed by atoms with E-state index in [0.717, 1.165) is 17.4 Å². The number of nitrogens with zero attached hydrogens (tertiary/aromatic N) is 2. The summed E-state index contributed by atoms with van der Waals surface area (Å²) in [5.74, 6) is -0.614. The van der Waals surface area contributed by atoms with Gasteiger partial charge in [0.1, 0.15) is 6.04 Å². The second-order valence-electron chi connectivity index (χ2n) is 9.46. The van der Waals surface area contributed by atoms with E-state index in [0.29, 0.717) is 32.7 Å². The van der Waals surface area contributed by atoms with Crippen LogP contribution >= 0.6 is 34.8 Å². The summed E-state index contributed by atoms with van der Waals surface area (Å²) in [5, 5.41) is 3.81. The van der Waals surface area contributed by atoms with Crippen LogP contribution in [0.25, 0.3) is 0 Å². The number of hydrogen-bond acceptors (Lipinski definition) is 4. The minimum atomic E-state index is -3.65. The van der Waals surface area contributed by atoms with E-state index in [2.05, 4.69) is 5.32 Å². The Bertz CT molecular complexity index is 1450. The number of rotatable bonds is 12. The molecule has 2 amide bonds. The van der Waals surface area contributed by atoms with Gasteiger partial charge in [0.2, 0.25) is 21.8 Å². The molecule has 40 heavy (non-hydrogen) atoms. The second-order valence-corrected chi connectivity index (χ2v) is 12.6. The molecule has 0 heterocycles. The number of carbonyl (C=O) groups is 2. The van der Waals surface area contributed by atoms with Crippen LogP contribution in [0.3, 0.4) is 0 Å². The Hall–Kier alpha value is -2.78. The highest BCUT2D eigenvalue weighted by Gasteiger charge is 2.30. The first kappa shape index (κ1) is 31.7. The van der Waals surface area contributed by atoms with E-state index < -0.39 is 16.1 Å². The molecular weight excluding hydrogens is 593 g/mol. The molecule has 214 valence electrons. The molecule has 0 bridgehead atoms. The van der Waals surface area contributed by atoms with Crippen molar-refractivity contribution in [1.82, 2.24) is 10.2 Å². The largest absolute Gasteiger partial charge is 0.357 e. The summed E-state index contributed by atoms with van der Waals surface area (Å²) >= 11 is 18.5. The third-order valence-corrected chi connectivity index (χ3v) is 8.60. The van der Waals surface area contributed by atoms with Crippen molar-refractivity contribution in [3.63, 3.8) is 0 Å². The minimum absolute atomic E-state index is 0.00917. The molecule has 0 saturated carbocycles. The van der Waals surface area contributed by atoms with Gasteiger partial charge in [-0.1, -0.05) is 77.3 Å². The standard InChI is InChI=1S/C29H32Cl3N3O4S/c1-20-11-13-23(30)18-26(20)35(40(3,38)39)15-7-10-28(36)34(19-22-12-14-24(31)25(32)16-22)27(29(37)33-2)17-21-8-5-4-6-9-21/h4-6,8-9,11-14,16,18,27H,7,10,15,17,19H2,1-3H3,(H,33,37)/t27-/m0/s1. The highest BCUT2D eigenvalue weighted by Crippen LogP contribution is 2.28. The molecule has 0 aromatic heterocycles. The van der Waals surface area contributed by atoms with E-state index in [-0.39, 0.29) is 37.7 Å². The smallest absolute Gasteiger partial charge is 0.242 e. The first-order valence-corrected chi connectivity index (χ1v) is 15.6. The quantitative estimate of drug-likeness (QED) is 0.272. The summed E-state index contributed by atoms with van der Waals surface area (Å²) in [4.78, 5) is 28.3. The third kappa shape index (κ3) is 8.61. The fourth-order valence-corrected chi connectivity index (χ4v) is 5.89. The Balaban J connectivity index is 1.88. The Morgan fingerprint density at radius 3 is 2.25 bits per heavy atom. The first-order valence-electron chi connectivity index (χ1n) is 12.6. The van der Waals surface area contributed by atoms with E-state index in [1.165, 1.54) is 16.3 Å². The van der Waals surface area contributed by atoms with Crippen LogP contribution in [0, 0.1) is 6.92 Å². The lowest BCUT2D eigenvalue weighted by Crippen LogP contribution is -2.49. The number of carbonyl (C=O) groups excluding carboxylic acids is 2.